The van der Waals surface area contributed by atoms with Crippen molar-refractivity contribution in [1.29, 1.82) is 0 Å². The third kappa shape index (κ3) is 2.42. The van der Waals surface area contributed by atoms with E-state index in [1.54, 1.807) is 0 Å². The maximum Gasteiger partial charge on any atom is 0.134 e. The van der Waals surface area contributed by atoms with E-state index in [2.05, 4.69) is 42.3 Å². The number of allylic oxidation sites excluding steroid dienone is 2. The molecular formula is C19H23NO. The quantitative estimate of drug-likeness (QED) is 0.752. The summed E-state index contributed by atoms with van der Waals surface area (Å²) in [4.78, 5) is 2.46. The smallest absolute Gasteiger partial charge is 0.134 e. The fraction of sp³-hybridized carbons (Fsp3) is 0.474. The van der Waals surface area contributed by atoms with Gasteiger partial charge in [0.25, 0.3) is 0 Å². The van der Waals surface area contributed by atoms with Gasteiger partial charge >= 0.3 is 0 Å². The Kier molecular flexibility index (Phi) is 3.15. The maximum absolute atomic E-state index is 6.02. The summed E-state index contributed by atoms with van der Waals surface area (Å²) in [6, 6.07) is 10.5. The predicted molar refractivity (Wildman–Crippen MR) is 87.2 cm³/mol. The number of rotatable bonds is 1. The van der Waals surface area contributed by atoms with E-state index in [-0.39, 0.29) is 0 Å². The molecule has 1 spiro atoms. The molecule has 1 saturated heterocycles. The SMILES string of the molecule is CN1CCC2(CC=C(c3cc4ccccc4o3)CC2)CC1. The Bertz CT molecular complexity index is 641. The molecule has 0 radical (unpaired) electrons. The van der Waals surface area contributed by atoms with Crippen LogP contribution in [-0.2, 0) is 0 Å². The highest BCUT2D eigenvalue weighted by Gasteiger charge is 2.35. The zero-order valence-corrected chi connectivity index (χ0v) is 12.8. The molecule has 1 aliphatic carbocycles. The molecule has 2 aliphatic rings. The third-order valence-electron chi connectivity index (χ3n) is 5.50. The maximum atomic E-state index is 6.02. The van der Waals surface area contributed by atoms with Crippen molar-refractivity contribution in [3.8, 4) is 0 Å². The summed E-state index contributed by atoms with van der Waals surface area (Å²) in [6.45, 7) is 2.52. The van der Waals surface area contributed by atoms with E-state index in [1.165, 1.54) is 56.2 Å². The second kappa shape index (κ2) is 5.03. The van der Waals surface area contributed by atoms with E-state index >= 15 is 0 Å². The first-order chi connectivity index (χ1) is 10.2. The number of hydrogen-bond acceptors (Lipinski definition) is 2. The van der Waals surface area contributed by atoms with Crippen LogP contribution < -0.4 is 0 Å². The fourth-order valence-corrected chi connectivity index (χ4v) is 3.85. The van der Waals surface area contributed by atoms with E-state index in [0.717, 1.165) is 11.3 Å². The lowest BCUT2D eigenvalue weighted by molar-refractivity contribution is 0.112. The second-order valence-corrected chi connectivity index (χ2v) is 6.89. The van der Waals surface area contributed by atoms with Crippen LogP contribution in [0.2, 0.25) is 0 Å². The van der Waals surface area contributed by atoms with Crippen LogP contribution in [0.3, 0.4) is 0 Å². The third-order valence-corrected chi connectivity index (χ3v) is 5.50. The van der Waals surface area contributed by atoms with Gasteiger partial charge in [0.1, 0.15) is 11.3 Å². The van der Waals surface area contributed by atoms with Crippen molar-refractivity contribution in [2.75, 3.05) is 20.1 Å². The standard InChI is InChI=1S/C19H23NO/c1-20-12-10-19(11-13-20)8-6-15(7-9-19)18-14-16-4-2-3-5-17(16)21-18/h2-6,14H,7-13H2,1H3. The molecule has 2 heterocycles. The van der Waals surface area contributed by atoms with Crippen molar-refractivity contribution in [3.05, 3.63) is 42.2 Å². The van der Waals surface area contributed by atoms with Gasteiger partial charge in [0, 0.05) is 5.39 Å². The first-order valence-corrected chi connectivity index (χ1v) is 8.11. The molecule has 0 unspecified atom stereocenters. The molecule has 0 N–H and O–H groups in total. The Hall–Kier alpha value is -1.54. The molecule has 0 bridgehead atoms. The number of piperidine rings is 1. The van der Waals surface area contributed by atoms with Crippen LogP contribution in [0.4, 0.5) is 0 Å². The highest BCUT2D eigenvalue weighted by molar-refractivity contribution is 5.82. The molecule has 1 aromatic heterocycles. The molecule has 2 nitrogen and oxygen atoms in total. The van der Waals surface area contributed by atoms with Crippen LogP contribution in [0.5, 0.6) is 0 Å². The Labute approximate surface area is 126 Å². The largest absolute Gasteiger partial charge is 0.456 e. The van der Waals surface area contributed by atoms with Crippen LogP contribution >= 0.6 is 0 Å². The summed E-state index contributed by atoms with van der Waals surface area (Å²) in [5.74, 6) is 1.08. The number of fused-ring (bicyclic) bond motifs is 1. The van der Waals surface area contributed by atoms with Gasteiger partial charge in [-0.1, -0.05) is 24.3 Å². The molecular weight excluding hydrogens is 258 g/mol. The van der Waals surface area contributed by atoms with Gasteiger partial charge < -0.3 is 9.32 Å². The molecule has 4 rings (SSSR count). The van der Waals surface area contributed by atoms with Gasteiger partial charge in [0.05, 0.1) is 0 Å². The highest BCUT2D eigenvalue weighted by atomic mass is 16.3. The van der Waals surface area contributed by atoms with Crippen molar-refractivity contribution in [2.24, 2.45) is 5.41 Å². The molecule has 0 amide bonds. The number of nitrogens with zero attached hydrogens (tertiary/aromatic N) is 1. The minimum Gasteiger partial charge on any atom is -0.456 e. The van der Waals surface area contributed by atoms with Gasteiger partial charge in [0.15, 0.2) is 0 Å². The highest BCUT2D eigenvalue weighted by Crippen LogP contribution is 2.46. The first-order valence-electron chi connectivity index (χ1n) is 8.11. The van der Waals surface area contributed by atoms with E-state index < -0.39 is 0 Å². The molecule has 0 atom stereocenters. The predicted octanol–water partition coefficient (Wildman–Crippen LogP) is 4.71. The molecule has 1 aliphatic heterocycles. The Morgan fingerprint density at radius 3 is 2.62 bits per heavy atom. The number of furan rings is 1. The molecule has 1 fully saturated rings. The summed E-state index contributed by atoms with van der Waals surface area (Å²) < 4.78 is 6.02. The number of hydrogen-bond donors (Lipinski definition) is 0. The molecule has 0 saturated carbocycles. The van der Waals surface area contributed by atoms with Gasteiger partial charge in [-0.25, -0.2) is 0 Å². The van der Waals surface area contributed by atoms with Crippen LogP contribution in [0.25, 0.3) is 16.5 Å². The van der Waals surface area contributed by atoms with E-state index in [9.17, 15) is 0 Å². The van der Waals surface area contributed by atoms with Gasteiger partial charge in [0.2, 0.25) is 0 Å². The minimum atomic E-state index is 0.571. The van der Waals surface area contributed by atoms with Crippen molar-refractivity contribution < 1.29 is 4.42 Å². The lowest BCUT2D eigenvalue weighted by Crippen LogP contribution is -2.38. The average molecular weight is 281 g/mol. The fourth-order valence-electron chi connectivity index (χ4n) is 3.85. The Balaban J connectivity index is 1.56. The van der Waals surface area contributed by atoms with Gasteiger partial charge in [-0.3, -0.25) is 0 Å². The Morgan fingerprint density at radius 2 is 1.90 bits per heavy atom. The second-order valence-electron chi connectivity index (χ2n) is 6.89. The molecule has 1 aromatic carbocycles. The summed E-state index contributed by atoms with van der Waals surface area (Å²) in [7, 11) is 2.24. The van der Waals surface area contributed by atoms with Crippen molar-refractivity contribution in [1.82, 2.24) is 4.90 Å². The molecule has 21 heavy (non-hydrogen) atoms. The monoisotopic (exact) mass is 281 g/mol. The van der Waals surface area contributed by atoms with Crippen molar-refractivity contribution >= 4 is 16.5 Å². The van der Waals surface area contributed by atoms with E-state index in [4.69, 9.17) is 4.42 Å². The lowest BCUT2D eigenvalue weighted by Gasteiger charge is -2.42. The molecule has 2 aromatic rings. The van der Waals surface area contributed by atoms with Gasteiger partial charge in [-0.05, 0) is 75.4 Å². The summed E-state index contributed by atoms with van der Waals surface area (Å²) in [6.07, 6.45) is 8.88. The van der Waals surface area contributed by atoms with Crippen LogP contribution in [0.1, 0.15) is 37.9 Å². The van der Waals surface area contributed by atoms with E-state index in [0.29, 0.717) is 5.41 Å². The lowest BCUT2D eigenvalue weighted by atomic mass is 9.68. The van der Waals surface area contributed by atoms with Crippen molar-refractivity contribution in [2.45, 2.75) is 32.1 Å². The van der Waals surface area contributed by atoms with Gasteiger partial charge in [-0.15, -0.1) is 0 Å². The summed E-state index contributed by atoms with van der Waals surface area (Å²) in [5.41, 5.74) is 2.99. The topological polar surface area (TPSA) is 16.4 Å². The van der Waals surface area contributed by atoms with Crippen molar-refractivity contribution in [3.63, 3.8) is 0 Å². The van der Waals surface area contributed by atoms with Crippen LogP contribution in [0, 0.1) is 5.41 Å². The number of likely N-dealkylation sites (tertiary alicyclic amines) is 1. The normalized spacial score (nSPS) is 22.6. The van der Waals surface area contributed by atoms with Crippen LogP contribution in [-0.4, -0.2) is 25.0 Å². The van der Waals surface area contributed by atoms with Gasteiger partial charge in [-0.2, -0.15) is 0 Å². The van der Waals surface area contributed by atoms with E-state index in [1.807, 2.05) is 6.07 Å². The zero-order valence-electron chi connectivity index (χ0n) is 12.8. The zero-order chi connectivity index (χ0) is 14.3. The summed E-state index contributed by atoms with van der Waals surface area (Å²) in [5, 5.41) is 1.22. The van der Waals surface area contributed by atoms with Crippen LogP contribution in [0.15, 0.2) is 40.8 Å². The Morgan fingerprint density at radius 1 is 1.10 bits per heavy atom. The first kappa shape index (κ1) is 13.1. The molecule has 110 valence electrons. The molecule has 2 heteroatoms. The number of benzene rings is 1. The minimum absolute atomic E-state index is 0.571. The average Bonchev–Trinajstić information content (AvgIpc) is 2.95. The number of para-hydroxylation sites is 1. The summed E-state index contributed by atoms with van der Waals surface area (Å²) >= 11 is 0.